The molecular weight excluding hydrogens is 1340 g/mol. The van der Waals surface area contributed by atoms with E-state index in [1.54, 1.807) is 21.9 Å². The summed E-state index contributed by atoms with van der Waals surface area (Å²) >= 11 is 3.45. The fourth-order valence-electron chi connectivity index (χ4n) is 11.5. The molecule has 2 aromatic rings. The van der Waals surface area contributed by atoms with Crippen molar-refractivity contribution >= 4 is 86.9 Å². The molecule has 1 atom stereocenters. The normalized spacial score (nSPS) is 14.8. The molecule has 1 unspecified atom stereocenters. The quantitative estimate of drug-likeness (QED) is 0.0527. The molecule has 0 spiro atoms. The molecule has 6 rings (SSSR count). The Balaban J connectivity index is 1.22. The van der Waals surface area contributed by atoms with Crippen LogP contribution in [0.3, 0.4) is 0 Å². The zero-order valence-corrected chi connectivity index (χ0v) is 58.5. The predicted octanol–water partition coefficient (Wildman–Crippen LogP) is 0.832. The maximum atomic E-state index is 14.9. The summed E-state index contributed by atoms with van der Waals surface area (Å²) in [5.74, 6) is -6.00. The van der Waals surface area contributed by atoms with Gasteiger partial charge in [-0.05, 0) is 114 Å². The number of halogens is 1. The van der Waals surface area contributed by atoms with Gasteiger partial charge in [0.25, 0.3) is 0 Å². The minimum absolute atomic E-state index is 0.00483. The lowest BCUT2D eigenvalue weighted by Gasteiger charge is -2.32. The van der Waals surface area contributed by atoms with Crippen LogP contribution < -0.4 is 25.8 Å². The zero-order chi connectivity index (χ0) is 70.9. The molecule has 3 fully saturated rings. The molecule has 542 valence electrons. The number of methoxy groups -OCH3 is 1. The Kier molecular flexibility index (Phi) is 33.9. The molecule has 2 aromatic carbocycles. The molecule has 98 heavy (non-hydrogen) atoms. The summed E-state index contributed by atoms with van der Waals surface area (Å²) in [6.07, 6.45) is 3.86. The average molecular weight is 1440 g/mol. The third-order valence-corrected chi connectivity index (χ3v) is 17.5. The minimum Gasteiger partial charge on any atom is -0.481 e. The van der Waals surface area contributed by atoms with Crippen LogP contribution in [-0.4, -0.2) is 297 Å². The van der Waals surface area contributed by atoms with Crippen molar-refractivity contribution < 1.29 is 86.3 Å². The summed E-state index contributed by atoms with van der Waals surface area (Å²) in [6.45, 7) is 1.71. The number of likely N-dealkylation sites (tertiary alicyclic amines) is 2. The number of rotatable bonds is 46. The number of nitrogens with one attached hydrogen (secondary N) is 2. The van der Waals surface area contributed by atoms with Crippen LogP contribution in [-0.2, 0) is 84.7 Å². The molecule has 31 heteroatoms. The van der Waals surface area contributed by atoms with Crippen molar-refractivity contribution in [2.24, 2.45) is 5.73 Å². The highest BCUT2D eigenvalue weighted by Crippen LogP contribution is 2.32. The highest BCUT2D eigenvalue weighted by Gasteiger charge is 2.34. The van der Waals surface area contributed by atoms with Gasteiger partial charge in [0.1, 0.15) is 6.04 Å². The number of carbonyl (C=O) groups is 12. The maximum Gasteiger partial charge on any atom is 0.328 e. The summed E-state index contributed by atoms with van der Waals surface area (Å²) in [7, 11) is 1.47. The second-order valence-electron chi connectivity index (χ2n) is 24.9. The Morgan fingerprint density at radius 1 is 0.602 bits per heavy atom. The van der Waals surface area contributed by atoms with Crippen LogP contribution in [0.25, 0.3) is 0 Å². The van der Waals surface area contributed by atoms with E-state index in [2.05, 4.69) is 26.6 Å². The summed E-state index contributed by atoms with van der Waals surface area (Å²) in [6, 6.07) is 11.9. The van der Waals surface area contributed by atoms with Crippen LogP contribution >= 0.6 is 15.9 Å². The molecule has 0 saturated carbocycles. The Labute approximate surface area is 581 Å². The Bertz CT molecular complexity index is 3020. The van der Waals surface area contributed by atoms with Crippen LogP contribution in [0.4, 0.5) is 0 Å². The van der Waals surface area contributed by atoms with E-state index < -0.39 is 124 Å². The molecular formula is C67H99BrN12O18. The number of nitrogens with two attached hydrogens (primary N) is 1. The van der Waals surface area contributed by atoms with Gasteiger partial charge in [-0.25, -0.2) is 4.79 Å². The molecule has 0 bridgehead atoms. The molecule has 4 aliphatic heterocycles. The second kappa shape index (κ2) is 42.1. The largest absolute Gasteiger partial charge is 0.481 e. The van der Waals surface area contributed by atoms with Crippen LogP contribution in [0.5, 0.6) is 11.5 Å². The third-order valence-electron chi connectivity index (χ3n) is 17.0. The Morgan fingerprint density at radius 2 is 1.09 bits per heavy atom. The van der Waals surface area contributed by atoms with E-state index in [1.807, 2.05) is 44.2 Å². The molecule has 30 nitrogen and oxygen atoms in total. The number of benzene rings is 2. The molecule has 10 amide bonds. The average Bonchev–Trinajstić information content (AvgIpc) is 1.85. The topological polar surface area (TPSA) is 350 Å². The number of nitrogens with zero attached hydrogens (tertiary/aromatic N) is 9. The zero-order valence-electron chi connectivity index (χ0n) is 56.9. The van der Waals surface area contributed by atoms with E-state index in [9.17, 15) is 62.6 Å². The predicted molar refractivity (Wildman–Crippen MR) is 359 cm³/mol. The first kappa shape index (κ1) is 79.0. The molecule has 0 aromatic heterocycles. The fourth-order valence-corrected chi connectivity index (χ4v) is 11.8. The van der Waals surface area contributed by atoms with E-state index in [1.165, 1.54) is 36.5 Å². The van der Waals surface area contributed by atoms with E-state index in [0.29, 0.717) is 82.6 Å². The van der Waals surface area contributed by atoms with Gasteiger partial charge < -0.3 is 89.3 Å². The second-order valence-corrected chi connectivity index (χ2v) is 25.8. The van der Waals surface area contributed by atoms with Crippen LogP contribution in [0.1, 0.15) is 102 Å². The number of hydrogen-bond acceptors (Lipinski definition) is 19. The Hall–Kier alpha value is -8.00. The molecule has 5 N–H and O–H groups in total. The number of carboxylic acid groups (broad SMARTS) is 1. The van der Waals surface area contributed by atoms with Crippen molar-refractivity contribution in [3.8, 4) is 11.5 Å². The SMILES string of the molecule is COCCCN(CC(=O)N(CCc1ccc(Br)cc1)CC(=O)N(CCCCN)CC(=O)NC1CCOC1=O)C(=O)CN(CCCOC(C)C)C(=O)CN(CCC(=O)O)C(=O)CN(CCCN1CCCC1=O)C(=O)CN(CCCN1CCCC1=O)C(=O)CNCc1ccc2c(c1)OCO2. The van der Waals surface area contributed by atoms with Crippen LogP contribution in [0.15, 0.2) is 46.9 Å². The molecule has 3 saturated heterocycles. The minimum atomic E-state index is -1.30. The number of hydrogen-bond donors (Lipinski definition) is 4. The fraction of sp³-hybridized carbons (Fsp3) is 0.642. The van der Waals surface area contributed by atoms with Crippen molar-refractivity contribution in [2.75, 3.05) is 165 Å². The van der Waals surface area contributed by atoms with Crippen LogP contribution in [0, 0.1) is 0 Å². The summed E-state index contributed by atoms with van der Waals surface area (Å²) in [4.78, 5) is 178. The van der Waals surface area contributed by atoms with Crippen molar-refractivity contribution in [1.29, 1.82) is 0 Å². The van der Waals surface area contributed by atoms with Gasteiger partial charge >= 0.3 is 11.9 Å². The van der Waals surface area contributed by atoms with Crippen molar-refractivity contribution in [3.05, 3.63) is 58.1 Å². The first-order valence-corrected chi connectivity index (χ1v) is 34.7. The Morgan fingerprint density at radius 3 is 1.59 bits per heavy atom. The van der Waals surface area contributed by atoms with Gasteiger partial charge in [0.15, 0.2) is 11.5 Å². The lowest BCUT2D eigenvalue weighted by Crippen LogP contribution is -2.53. The molecule has 0 aliphatic carbocycles. The molecule has 0 radical (unpaired) electrons. The number of ether oxygens (including phenoxy) is 5. The van der Waals surface area contributed by atoms with Gasteiger partial charge in [-0.15, -0.1) is 0 Å². The van der Waals surface area contributed by atoms with E-state index >= 15 is 0 Å². The summed E-state index contributed by atoms with van der Waals surface area (Å²) < 4.78 is 27.9. The number of amides is 10. The number of esters is 1. The molecule has 4 aliphatic rings. The summed E-state index contributed by atoms with van der Waals surface area (Å²) in [5, 5.41) is 15.7. The number of carbonyl (C=O) groups excluding carboxylic acids is 11. The number of fused-ring (bicyclic) bond motifs is 1. The highest BCUT2D eigenvalue weighted by molar-refractivity contribution is 9.10. The summed E-state index contributed by atoms with van der Waals surface area (Å²) in [5.41, 5.74) is 7.42. The van der Waals surface area contributed by atoms with Gasteiger partial charge in [0, 0.05) is 123 Å². The lowest BCUT2D eigenvalue weighted by molar-refractivity contribution is -0.149. The highest BCUT2D eigenvalue weighted by atomic mass is 79.9. The maximum absolute atomic E-state index is 14.9. The number of aliphatic carboxylic acids is 1. The van der Waals surface area contributed by atoms with Gasteiger partial charge in [-0.3, -0.25) is 52.7 Å². The smallest absolute Gasteiger partial charge is 0.328 e. The third kappa shape index (κ3) is 27.4. The number of carboxylic acids is 1. The van der Waals surface area contributed by atoms with E-state index in [0.717, 1.165) is 20.5 Å². The monoisotopic (exact) mass is 1440 g/mol. The van der Waals surface area contributed by atoms with E-state index in [4.69, 9.17) is 29.4 Å². The van der Waals surface area contributed by atoms with E-state index in [-0.39, 0.29) is 136 Å². The van der Waals surface area contributed by atoms with Crippen LogP contribution in [0.2, 0.25) is 0 Å². The first-order valence-electron chi connectivity index (χ1n) is 33.9. The van der Waals surface area contributed by atoms with Gasteiger partial charge in [0.2, 0.25) is 65.9 Å². The van der Waals surface area contributed by atoms with Gasteiger partial charge in [-0.1, -0.05) is 34.1 Å². The van der Waals surface area contributed by atoms with Crippen molar-refractivity contribution in [2.45, 2.75) is 116 Å². The van der Waals surface area contributed by atoms with Gasteiger partial charge in [0.05, 0.1) is 71.5 Å². The first-order chi connectivity index (χ1) is 47.1. The lowest BCUT2D eigenvalue weighted by atomic mass is 10.1. The number of unbranched alkanes of at least 4 members (excludes halogenated alkanes) is 1. The standard InChI is InChI=1S/C67H99BrN12O18/c1-49(2)95-36-11-32-78(43-62(87)77(31-10-35-94-3)45-64(89)79(33-20-50-14-17-52(68)18-15-50)46-60(85)74(24-5-4-23-69)41-56(81)71-53-22-37-96-67(53)93)63(88)47-80(34-21-66(91)92)65(90)44-76(30-9-28-73-26-7-13-58(73)83)61(86)42-75(29-8-27-72-25-6-12-57(72)82)59(84)40-70-39-51-16-19-54-55(38-51)98-48-97-54/h14-19,38,49,53,70H,4-13,20-37,39-48,69H2,1-3H3,(H,71,81)(H,91,92). The number of cyclic esters (lactones) is 1. The molecule has 4 heterocycles. The van der Waals surface area contributed by atoms with Crippen molar-refractivity contribution in [3.63, 3.8) is 0 Å². The van der Waals surface area contributed by atoms with Gasteiger partial charge in [-0.2, -0.15) is 0 Å². The van der Waals surface area contributed by atoms with Crippen molar-refractivity contribution in [1.82, 2.24) is 54.7 Å².